The minimum Gasteiger partial charge on any atom is -0.431 e. The second-order valence-electron chi connectivity index (χ2n) is 4.98. The number of oxazole rings is 1. The maximum Gasteiger partial charge on any atom is 0.302 e. The van der Waals surface area contributed by atoms with E-state index in [1.807, 2.05) is 31.2 Å². The molecule has 0 fully saturated rings. The lowest BCUT2D eigenvalue weighted by molar-refractivity contribution is 0.102. The molecule has 1 heterocycles. The molecule has 0 atom stereocenters. The van der Waals surface area contributed by atoms with Crippen LogP contribution in [-0.4, -0.2) is 10.9 Å². The highest BCUT2D eigenvalue weighted by Gasteiger charge is 2.11. The van der Waals surface area contributed by atoms with E-state index in [0.29, 0.717) is 16.9 Å². The molecule has 0 bridgehead atoms. The Balaban J connectivity index is 1.75. The third-order valence-corrected chi connectivity index (χ3v) is 3.24. The lowest BCUT2D eigenvalue weighted by atomic mass is 10.1. The molecule has 22 heavy (non-hydrogen) atoms. The Hall–Kier alpha value is -3.08. The number of aromatic nitrogens is 1. The molecule has 2 aromatic carbocycles. The maximum atomic E-state index is 12.1. The first-order chi connectivity index (χ1) is 10.6. The number of hydrogen-bond donors (Lipinski definition) is 2. The molecule has 1 amide bonds. The molecule has 0 saturated heterocycles. The summed E-state index contributed by atoms with van der Waals surface area (Å²) in [6.07, 6.45) is 1.50. The van der Waals surface area contributed by atoms with Gasteiger partial charge < -0.3 is 10.2 Å². The summed E-state index contributed by atoms with van der Waals surface area (Å²) in [6.45, 7) is 1.97. The average Bonchev–Trinajstić information content (AvgIpc) is 2.97. The van der Waals surface area contributed by atoms with Gasteiger partial charge in [-0.25, -0.2) is 0 Å². The van der Waals surface area contributed by atoms with Crippen molar-refractivity contribution in [2.75, 3.05) is 11.1 Å². The SMILES string of the molecule is Cc1ccc(C(=O)Nc2nc(-c3ccc(N)cc3)co2)cc1. The quantitative estimate of drug-likeness (QED) is 0.724. The van der Waals surface area contributed by atoms with Crippen molar-refractivity contribution in [1.29, 1.82) is 0 Å². The van der Waals surface area contributed by atoms with Crippen molar-refractivity contribution >= 4 is 17.6 Å². The number of nitrogens with two attached hydrogens (primary N) is 1. The number of amides is 1. The van der Waals surface area contributed by atoms with Gasteiger partial charge in [0.1, 0.15) is 12.0 Å². The van der Waals surface area contributed by atoms with Crippen molar-refractivity contribution < 1.29 is 9.21 Å². The van der Waals surface area contributed by atoms with Crippen LogP contribution in [0.3, 0.4) is 0 Å². The normalized spacial score (nSPS) is 10.4. The van der Waals surface area contributed by atoms with Crippen LogP contribution >= 0.6 is 0 Å². The fourth-order valence-electron chi connectivity index (χ4n) is 1.99. The van der Waals surface area contributed by atoms with Gasteiger partial charge in [0, 0.05) is 16.8 Å². The van der Waals surface area contributed by atoms with Gasteiger partial charge in [0.2, 0.25) is 0 Å². The van der Waals surface area contributed by atoms with Crippen LogP contribution in [0.4, 0.5) is 11.7 Å². The van der Waals surface area contributed by atoms with E-state index in [1.54, 1.807) is 24.3 Å². The highest BCUT2D eigenvalue weighted by Crippen LogP contribution is 2.22. The second-order valence-corrected chi connectivity index (χ2v) is 4.98. The van der Waals surface area contributed by atoms with Gasteiger partial charge in [-0.3, -0.25) is 10.1 Å². The number of hydrogen-bond acceptors (Lipinski definition) is 4. The zero-order chi connectivity index (χ0) is 15.5. The Bertz CT molecular complexity index is 790. The van der Waals surface area contributed by atoms with E-state index in [9.17, 15) is 4.79 Å². The molecule has 3 rings (SSSR count). The summed E-state index contributed by atoms with van der Waals surface area (Å²) >= 11 is 0. The molecule has 0 radical (unpaired) electrons. The topological polar surface area (TPSA) is 81.2 Å². The maximum absolute atomic E-state index is 12.1. The summed E-state index contributed by atoms with van der Waals surface area (Å²) in [4.78, 5) is 16.3. The van der Waals surface area contributed by atoms with Crippen LogP contribution in [-0.2, 0) is 0 Å². The molecule has 3 N–H and O–H groups in total. The molecule has 0 saturated carbocycles. The number of benzene rings is 2. The zero-order valence-corrected chi connectivity index (χ0v) is 12.0. The van der Waals surface area contributed by atoms with Crippen molar-refractivity contribution in [2.24, 2.45) is 0 Å². The molecule has 110 valence electrons. The van der Waals surface area contributed by atoms with E-state index >= 15 is 0 Å². The van der Waals surface area contributed by atoms with Gasteiger partial charge in [-0.15, -0.1) is 0 Å². The van der Waals surface area contributed by atoms with Gasteiger partial charge in [0.15, 0.2) is 0 Å². The molecule has 0 aliphatic rings. The number of carbonyl (C=O) groups excluding carboxylic acids is 1. The molecule has 5 heteroatoms. The van der Waals surface area contributed by atoms with Gasteiger partial charge >= 0.3 is 6.01 Å². The highest BCUT2D eigenvalue weighted by molar-refractivity contribution is 6.03. The van der Waals surface area contributed by atoms with Gasteiger partial charge in [0.25, 0.3) is 5.91 Å². The Kier molecular flexibility index (Phi) is 3.62. The molecular formula is C17H15N3O2. The number of carbonyl (C=O) groups is 1. The largest absolute Gasteiger partial charge is 0.431 e. The van der Waals surface area contributed by atoms with E-state index in [1.165, 1.54) is 6.26 Å². The number of rotatable bonds is 3. The summed E-state index contributed by atoms with van der Waals surface area (Å²) in [6, 6.07) is 14.7. The summed E-state index contributed by atoms with van der Waals surface area (Å²) in [5.74, 6) is -0.259. The van der Waals surface area contributed by atoms with Crippen molar-refractivity contribution in [3.8, 4) is 11.3 Å². The minimum atomic E-state index is -0.259. The fraction of sp³-hybridized carbons (Fsp3) is 0.0588. The molecule has 0 spiro atoms. The smallest absolute Gasteiger partial charge is 0.302 e. The van der Waals surface area contributed by atoms with Crippen LogP contribution < -0.4 is 11.1 Å². The van der Waals surface area contributed by atoms with Crippen LogP contribution in [0.2, 0.25) is 0 Å². The standard InChI is InChI=1S/C17H15N3O2/c1-11-2-4-13(5-3-11)16(21)20-17-19-15(10-22-17)12-6-8-14(18)9-7-12/h2-10H,18H2,1H3,(H,19,20,21). The summed E-state index contributed by atoms with van der Waals surface area (Å²) in [5, 5.41) is 2.64. The number of nitrogen functional groups attached to an aromatic ring is 1. The Morgan fingerprint density at radius 1 is 1.09 bits per heavy atom. The van der Waals surface area contributed by atoms with Crippen molar-refractivity contribution in [3.63, 3.8) is 0 Å². The Labute approximate surface area is 127 Å². The van der Waals surface area contributed by atoms with E-state index in [2.05, 4.69) is 10.3 Å². The third-order valence-electron chi connectivity index (χ3n) is 3.24. The van der Waals surface area contributed by atoms with Gasteiger partial charge in [-0.2, -0.15) is 4.98 Å². The Morgan fingerprint density at radius 2 is 1.77 bits per heavy atom. The first kappa shape index (κ1) is 13.9. The number of anilines is 2. The first-order valence-electron chi connectivity index (χ1n) is 6.81. The molecule has 3 aromatic rings. The zero-order valence-electron chi connectivity index (χ0n) is 12.0. The molecule has 0 aliphatic heterocycles. The number of nitrogens with one attached hydrogen (secondary N) is 1. The van der Waals surface area contributed by atoms with Crippen LogP contribution in [0.15, 0.2) is 59.2 Å². The molecule has 0 aliphatic carbocycles. The summed E-state index contributed by atoms with van der Waals surface area (Å²) in [5.41, 5.74) is 9.49. The van der Waals surface area contributed by atoms with Crippen molar-refractivity contribution in [3.05, 3.63) is 65.9 Å². The van der Waals surface area contributed by atoms with Crippen LogP contribution in [0.1, 0.15) is 15.9 Å². The minimum absolute atomic E-state index is 0.164. The van der Waals surface area contributed by atoms with Gasteiger partial charge in [0.05, 0.1) is 0 Å². The van der Waals surface area contributed by atoms with E-state index in [4.69, 9.17) is 10.2 Å². The van der Waals surface area contributed by atoms with E-state index in [-0.39, 0.29) is 11.9 Å². The van der Waals surface area contributed by atoms with E-state index < -0.39 is 0 Å². The predicted octanol–water partition coefficient (Wildman–Crippen LogP) is 3.48. The van der Waals surface area contributed by atoms with Crippen LogP contribution in [0.5, 0.6) is 0 Å². The molecule has 0 unspecified atom stereocenters. The van der Waals surface area contributed by atoms with E-state index in [0.717, 1.165) is 11.1 Å². The summed E-state index contributed by atoms with van der Waals surface area (Å²) < 4.78 is 5.29. The second kappa shape index (κ2) is 5.73. The first-order valence-corrected chi connectivity index (χ1v) is 6.81. The monoisotopic (exact) mass is 293 g/mol. The molecule has 1 aromatic heterocycles. The molecular weight excluding hydrogens is 278 g/mol. The van der Waals surface area contributed by atoms with Crippen LogP contribution in [0.25, 0.3) is 11.3 Å². The number of aryl methyl sites for hydroxylation is 1. The average molecular weight is 293 g/mol. The van der Waals surface area contributed by atoms with Crippen LogP contribution in [0, 0.1) is 6.92 Å². The van der Waals surface area contributed by atoms with Gasteiger partial charge in [-0.05, 0) is 31.2 Å². The highest BCUT2D eigenvalue weighted by atomic mass is 16.4. The lowest BCUT2D eigenvalue weighted by Gasteiger charge is -2.01. The predicted molar refractivity (Wildman–Crippen MR) is 85.5 cm³/mol. The van der Waals surface area contributed by atoms with Crippen molar-refractivity contribution in [2.45, 2.75) is 6.92 Å². The lowest BCUT2D eigenvalue weighted by Crippen LogP contribution is -2.11. The fourth-order valence-corrected chi connectivity index (χ4v) is 1.99. The third kappa shape index (κ3) is 2.98. The molecule has 5 nitrogen and oxygen atoms in total. The van der Waals surface area contributed by atoms with Gasteiger partial charge in [-0.1, -0.05) is 29.8 Å². The number of nitrogens with zero attached hydrogens (tertiary/aromatic N) is 1. The Morgan fingerprint density at radius 3 is 2.45 bits per heavy atom. The summed E-state index contributed by atoms with van der Waals surface area (Å²) in [7, 11) is 0. The van der Waals surface area contributed by atoms with Crippen molar-refractivity contribution in [1.82, 2.24) is 4.98 Å².